The summed E-state index contributed by atoms with van der Waals surface area (Å²) in [5, 5.41) is 5.58. The van der Waals surface area contributed by atoms with Gasteiger partial charge in [-0.3, -0.25) is 4.79 Å². The topological polar surface area (TPSA) is 42.0 Å². The minimum Gasteiger partial charge on any atom is -0.301 e. The molecule has 0 spiro atoms. The Morgan fingerprint density at radius 3 is 2.87 bits per heavy atom. The Morgan fingerprint density at radius 2 is 2.33 bits per heavy atom. The van der Waals surface area contributed by atoms with Crippen molar-refractivity contribution in [3.63, 3.8) is 0 Å². The largest absolute Gasteiger partial charge is 0.301 e. The number of aromatic nitrogens is 1. The Bertz CT molecular complexity index is 366. The molecule has 1 aromatic rings. The Kier molecular flexibility index (Phi) is 2.06. The number of nitrogens with one attached hydrogen (secondary N) is 1. The standard InChI is InChI=1S/C11H14N2OS/c14-9(13-10-12-5-6-15-10)11-3-1-8(7-11)2-4-11/h5-6,8H,1-4,7H2,(H,12,13,14). The zero-order chi connectivity index (χ0) is 10.3. The average Bonchev–Trinajstić information content (AvgIpc) is 2.93. The van der Waals surface area contributed by atoms with E-state index in [-0.39, 0.29) is 11.3 Å². The smallest absolute Gasteiger partial charge is 0.232 e. The molecule has 3 nitrogen and oxygen atoms in total. The van der Waals surface area contributed by atoms with Crippen molar-refractivity contribution >= 4 is 22.4 Å². The Morgan fingerprint density at radius 1 is 1.53 bits per heavy atom. The molecule has 80 valence electrons. The molecule has 0 saturated heterocycles. The number of rotatable bonds is 2. The maximum absolute atomic E-state index is 12.1. The average molecular weight is 222 g/mol. The quantitative estimate of drug-likeness (QED) is 0.835. The number of thiazole rings is 1. The van der Waals surface area contributed by atoms with E-state index in [4.69, 9.17) is 0 Å². The van der Waals surface area contributed by atoms with Crippen molar-refractivity contribution in [2.75, 3.05) is 5.32 Å². The van der Waals surface area contributed by atoms with E-state index < -0.39 is 0 Å². The van der Waals surface area contributed by atoms with E-state index in [0.29, 0.717) is 0 Å². The van der Waals surface area contributed by atoms with Crippen molar-refractivity contribution in [1.82, 2.24) is 4.98 Å². The molecular formula is C11H14N2OS. The molecule has 3 rings (SSSR count). The molecule has 1 amide bonds. The van der Waals surface area contributed by atoms with Gasteiger partial charge < -0.3 is 5.32 Å². The molecule has 0 atom stereocenters. The van der Waals surface area contributed by atoms with Gasteiger partial charge in [0.2, 0.25) is 5.91 Å². The van der Waals surface area contributed by atoms with Gasteiger partial charge in [0.15, 0.2) is 5.13 Å². The van der Waals surface area contributed by atoms with E-state index >= 15 is 0 Å². The van der Waals surface area contributed by atoms with Gasteiger partial charge in [0.1, 0.15) is 0 Å². The lowest BCUT2D eigenvalue weighted by Crippen LogP contribution is -2.32. The zero-order valence-corrected chi connectivity index (χ0v) is 9.35. The highest BCUT2D eigenvalue weighted by Crippen LogP contribution is 2.54. The fraction of sp³-hybridized carbons (Fsp3) is 0.636. The van der Waals surface area contributed by atoms with Crippen LogP contribution in [0.3, 0.4) is 0 Å². The predicted molar refractivity (Wildman–Crippen MR) is 59.8 cm³/mol. The fourth-order valence-electron chi connectivity index (χ4n) is 3.03. The summed E-state index contributed by atoms with van der Waals surface area (Å²) in [5.41, 5.74) is -0.0453. The third-order valence-electron chi connectivity index (χ3n) is 3.88. The van der Waals surface area contributed by atoms with Gasteiger partial charge in [-0.2, -0.15) is 0 Å². The van der Waals surface area contributed by atoms with E-state index in [2.05, 4.69) is 10.3 Å². The summed E-state index contributed by atoms with van der Waals surface area (Å²) in [6, 6.07) is 0. The second kappa shape index (κ2) is 3.30. The van der Waals surface area contributed by atoms with Crippen LogP contribution in [0.2, 0.25) is 0 Å². The molecule has 2 saturated carbocycles. The Balaban J connectivity index is 1.75. The van der Waals surface area contributed by atoms with Gasteiger partial charge in [-0.25, -0.2) is 4.98 Å². The summed E-state index contributed by atoms with van der Waals surface area (Å²) in [7, 11) is 0. The SMILES string of the molecule is O=C(Nc1nccs1)C12CCC(CC1)C2. The van der Waals surface area contributed by atoms with Gasteiger partial charge in [-0.05, 0) is 38.0 Å². The molecule has 15 heavy (non-hydrogen) atoms. The lowest BCUT2D eigenvalue weighted by molar-refractivity contribution is -0.125. The van der Waals surface area contributed by atoms with Crippen molar-refractivity contribution < 1.29 is 4.79 Å². The Hall–Kier alpha value is -0.900. The predicted octanol–water partition coefficient (Wildman–Crippen LogP) is 2.66. The number of hydrogen-bond donors (Lipinski definition) is 1. The van der Waals surface area contributed by atoms with Gasteiger partial charge >= 0.3 is 0 Å². The number of hydrogen-bond acceptors (Lipinski definition) is 3. The summed E-state index contributed by atoms with van der Waals surface area (Å²) in [4.78, 5) is 16.2. The molecule has 0 aliphatic heterocycles. The first kappa shape index (κ1) is 9.33. The summed E-state index contributed by atoms with van der Waals surface area (Å²) in [6.45, 7) is 0. The second-order valence-corrected chi connectivity index (χ2v) is 5.61. The third kappa shape index (κ3) is 1.47. The molecule has 0 unspecified atom stereocenters. The highest BCUT2D eigenvalue weighted by molar-refractivity contribution is 7.13. The van der Waals surface area contributed by atoms with Gasteiger partial charge in [0.05, 0.1) is 0 Å². The van der Waals surface area contributed by atoms with Crippen LogP contribution in [-0.2, 0) is 4.79 Å². The van der Waals surface area contributed by atoms with Crippen molar-refractivity contribution in [3.05, 3.63) is 11.6 Å². The van der Waals surface area contributed by atoms with Crippen molar-refractivity contribution in [1.29, 1.82) is 0 Å². The van der Waals surface area contributed by atoms with Crippen molar-refractivity contribution in [3.8, 4) is 0 Å². The first-order valence-corrected chi connectivity index (χ1v) is 6.37. The molecule has 0 aromatic carbocycles. The van der Waals surface area contributed by atoms with Crippen LogP contribution in [0, 0.1) is 11.3 Å². The van der Waals surface area contributed by atoms with Gasteiger partial charge in [-0.1, -0.05) is 0 Å². The van der Waals surface area contributed by atoms with Crippen LogP contribution in [0.15, 0.2) is 11.6 Å². The zero-order valence-electron chi connectivity index (χ0n) is 8.53. The van der Waals surface area contributed by atoms with Gasteiger partial charge in [0, 0.05) is 17.0 Å². The maximum Gasteiger partial charge on any atom is 0.232 e. The molecule has 2 bridgehead atoms. The molecule has 2 aliphatic carbocycles. The van der Waals surface area contributed by atoms with Crippen LogP contribution < -0.4 is 5.32 Å². The monoisotopic (exact) mass is 222 g/mol. The van der Waals surface area contributed by atoms with E-state index in [0.717, 1.165) is 30.3 Å². The van der Waals surface area contributed by atoms with E-state index in [9.17, 15) is 4.79 Å². The number of nitrogens with zero attached hydrogens (tertiary/aromatic N) is 1. The van der Waals surface area contributed by atoms with Crippen LogP contribution in [-0.4, -0.2) is 10.9 Å². The van der Waals surface area contributed by atoms with Crippen LogP contribution >= 0.6 is 11.3 Å². The van der Waals surface area contributed by atoms with Crippen LogP contribution in [0.1, 0.15) is 32.1 Å². The highest BCUT2D eigenvalue weighted by atomic mass is 32.1. The molecule has 1 heterocycles. The number of carbonyl (C=O) groups excluding carboxylic acids is 1. The molecule has 2 aliphatic rings. The first-order chi connectivity index (χ1) is 7.28. The second-order valence-electron chi connectivity index (χ2n) is 4.72. The Labute approximate surface area is 92.9 Å². The summed E-state index contributed by atoms with van der Waals surface area (Å²) >= 11 is 1.49. The maximum atomic E-state index is 12.1. The number of anilines is 1. The van der Waals surface area contributed by atoms with Crippen LogP contribution in [0.4, 0.5) is 5.13 Å². The minimum absolute atomic E-state index is 0.0453. The molecule has 4 heteroatoms. The molecule has 2 fully saturated rings. The lowest BCUT2D eigenvalue weighted by Gasteiger charge is -2.24. The summed E-state index contributed by atoms with van der Waals surface area (Å²) in [6.07, 6.45) is 7.47. The third-order valence-corrected chi connectivity index (χ3v) is 4.56. The number of fused-ring (bicyclic) bond motifs is 2. The lowest BCUT2D eigenvalue weighted by atomic mass is 9.83. The molecule has 0 radical (unpaired) electrons. The molecule has 1 N–H and O–H groups in total. The number of amides is 1. The van der Waals surface area contributed by atoms with Gasteiger partial charge in [0.25, 0.3) is 0 Å². The van der Waals surface area contributed by atoms with E-state index in [1.165, 1.54) is 24.2 Å². The summed E-state index contributed by atoms with van der Waals surface area (Å²) < 4.78 is 0. The van der Waals surface area contributed by atoms with Gasteiger partial charge in [-0.15, -0.1) is 11.3 Å². The number of carbonyl (C=O) groups is 1. The van der Waals surface area contributed by atoms with Crippen molar-refractivity contribution in [2.24, 2.45) is 11.3 Å². The molecular weight excluding hydrogens is 208 g/mol. The van der Waals surface area contributed by atoms with Crippen LogP contribution in [0.5, 0.6) is 0 Å². The highest BCUT2D eigenvalue weighted by Gasteiger charge is 2.49. The van der Waals surface area contributed by atoms with E-state index in [1.807, 2.05) is 5.38 Å². The minimum atomic E-state index is -0.0453. The van der Waals surface area contributed by atoms with E-state index in [1.54, 1.807) is 6.20 Å². The van der Waals surface area contributed by atoms with Crippen LogP contribution in [0.25, 0.3) is 0 Å². The van der Waals surface area contributed by atoms with Crippen molar-refractivity contribution in [2.45, 2.75) is 32.1 Å². The summed E-state index contributed by atoms with van der Waals surface area (Å²) in [5.74, 6) is 1.02. The first-order valence-electron chi connectivity index (χ1n) is 5.49. The fourth-order valence-corrected chi connectivity index (χ4v) is 3.55. The molecule has 1 aromatic heterocycles. The normalized spacial score (nSPS) is 33.2.